The summed E-state index contributed by atoms with van der Waals surface area (Å²) in [5, 5.41) is 8.98. The summed E-state index contributed by atoms with van der Waals surface area (Å²) in [6, 6.07) is 52.7. The Morgan fingerprint density at radius 3 is 1.11 bits per heavy atom. The van der Waals surface area contributed by atoms with Crippen LogP contribution in [-0.2, 0) is 0 Å². The Bertz CT molecular complexity index is 3320. The van der Waals surface area contributed by atoms with Crippen LogP contribution in [0.2, 0.25) is 0 Å². The zero-order valence-corrected chi connectivity index (χ0v) is 31.8. The molecule has 1 aromatic heterocycles. The summed E-state index contributed by atoms with van der Waals surface area (Å²) in [7, 11) is 0. The molecule has 0 bridgehead atoms. The molecule has 57 heavy (non-hydrogen) atoms. The van der Waals surface area contributed by atoms with Crippen LogP contribution < -0.4 is 0 Å². The zero-order chi connectivity index (χ0) is 38.4. The molecule has 0 aliphatic carbocycles. The van der Waals surface area contributed by atoms with Gasteiger partial charge in [0.25, 0.3) is 0 Å². The van der Waals surface area contributed by atoms with Gasteiger partial charge in [-0.1, -0.05) is 0 Å². The first-order chi connectivity index (χ1) is 28.0. The summed E-state index contributed by atoms with van der Waals surface area (Å²) >= 11 is 0.0252. The average Bonchev–Trinajstić information content (AvgIpc) is 3.61. The maximum absolute atomic E-state index is 15.6. The fraction of sp³-hybridized carbons (Fsp3) is 0. The van der Waals surface area contributed by atoms with Crippen molar-refractivity contribution in [3.8, 4) is 44.5 Å². The normalized spacial score (nSPS) is 11.9. The SMILES string of the molecule is Fc1cccc(F)c1-c1c2ccccc2c(-c2ccc3[se]c4cccc(-c5c6ccccc6c(-c6c(F)cccc6F)c6ccccc56)c4c3c2)c2ccccc12. The molecule has 5 heteroatoms. The molecular formula is C52H28F4Se. The molecule has 270 valence electrons. The van der Waals surface area contributed by atoms with Crippen molar-refractivity contribution in [3.05, 3.63) is 193 Å². The van der Waals surface area contributed by atoms with Gasteiger partial charge in [-0.3, -0.25) is 0 Å². The molecule has 0 aliphatic rings. The first-order valence-corrected chi connectivity index (χ1v) is 20.4. The predicted octanol–water partition coefficient (Wildman–Crippen LogP) is 14.9. The molecular weight excluding hydrogens is 780 g/mol. The molecule has 0 spiro atoms. The van der Waals surface area contributed by atoms with Crippen LogP contribution in [0.3, 0.4) is 0 Å². The van der Waals surface area contributed by atoms with Gasteiger partial charge in [0.1, 0.15) is 0 Å². The van der Waals surface area contributed by atoms with E-state index in [0.29, 0.717) is 11.1 Å². The van der Waals surface area contributed by atoms with Gasteiger partial charge in [-0.15, -0.1) is 0 Å². The van der Waals surface area contributed by atoms with Crippen LogP contribution in [0.1, 0.15) is 0 Å². The van der Waals surface area contributed by atoms with E-state index in [-0.39, 0.29) is 25.6 Å². The monoisotopic (exact) mass is 808 g/mol. The fourth-order valence-electron chi connectivity index (χ4n) is 9.06. The topological polar surface area (TPSA) is 0 Å². The Morgan fingerprint density at radius 1 is 0.281 bits per heavy atom. The third kappa shape index (κ3) is 5.06. The van der Waals surface area contributed by atoms with Crippen LogP contribution in [-0.4, -0.2) is 14.5 Å². The van der Waals surface area contributed by atoms with Crippen molar-refractivity contribution in [1.82, 2.24) is 0 Å². The van der Waals surface area contributed by atoms with Gasteiger partial charge in [0.15, 0.2) is 0 Å². The van der Waals surface area contributed by atoms with E-state index in [4.69, 9.17) is 0 Å². The second kappa shape index (κ2) is 13.0. The van der Waals surface area contributed by atoms with Crippen LogP contribution in [0.25, 0.3) is 107 Å². The third-order valence-corrected chi connectivity index (χ3v) is 13.7. The first kappa shape index (κ1) is 33.8. The molecule has 0 nitrogen and oxygen atoms in total. The van der Waals surface area contributed by atoms with Crippen molar-refractivity contribution in [2.45, 2.75) is 0 Å². The van der Waals surface area contributed by atoms with Crippen molar-refractivity contribution in [1.29, 1.82) is 0 Å². The van der Waals surface area contributed by atoms with Gasteiger partial charge in [-0.25, -0.2) is 0 Å². The van der Waals surface area contributed by atoms with Gasteiger partial charge in [0.2, 0.25) is 0 Å². The third-order valence-electron chi connectivity index (χ3n) is 11.3. The van der Waals surface area contributed by atoms with E-state index in [1.165, 1.54) is 44.9 Å². The molecule has 0 saturated carbocycles. The molecule has 11 aromatic rings. The van der Waals surface area contributed by atoms with E-state index in [0.717, 1.165) is 76.1 Å². The molecule has 11 rings (SSSR count). The van der Waals surface area contributed by atoms with E-state index in [1.807, 2.05) is 84.9 Å². The van der Waals surface area contributed by atoms with Crippen LogP contribution >= 0.6 is 0 Å². The van der Waals surface area contributed by atoms with Crippen molar-refractivity contribution >= 4 is 76.9 Å². The molecule has 0 amide bonds. The standard InChI is InChI=1S/C52H28F4Se/c53-40-21-10-22-41(54)51(40)49-34-16-5-1-12-30(34)46(31-13-2-6-17-35(31)49)29-26-27-44-39(28-29)48-38(20-9-25-45(48)57-44)47-32-14-3-7-18-36(32)50(37-19-8-4-15-33(37)47)52-42(55)23-11-24-43(52)56/h1-28H. The Hall–Kier alpha value is -6.52. The fourth-order valence-corrected chi connectivity index (χ4v) is 11.4. The molecule has 0 aliphatic heterocycles. The van der Waals surface area contributed by atoms with Crippen molar-refractivity contribution < 1.29 is 17.6 Å². The molecule has 1 heterocycles. The van der Waals surface area contributed by atoms with Gasteiger partial charge in [0.05, 0.1) is 0 Å². The van der Waals surface area contributed by atoms with E-state index < -0.39 is 23.3 Å². The number of benzene rings is 10. The Balaban J connectivity index is 1.23. The molecule has 0 N–H and O–H groups in total. The van der Waals surface area contributed by atoms with Crippen molar-refractivity contribution in [2.24, 2.45) is 0 Å². The quantitative estimate of drug-likeness (QED) is 0.0944. The number of hydrogen-bond donors (Lipinski definition) is 0. The summed E-state index contributed by atoms with van der Waals surface area (Å²) in [4.78, 5) is 0. The second-order valence-electron chi connectivity index (χ2n) is 14.4. The second-order valence-corrected chi connectivity index (χ2v) is 16.6. The Kier molecular flexibility index (Phi) is 7.72. The molecule has 0 radical (unpaired) electrons. The number of rotatable bonds is 4. The van der Waals surface area contributed by atoms with Crippen LogP contribution in [0.5, 0.6) is 0 Å². The van der Waals surface area contributed by atoms with E-state index in [9.17, 15) is 0 Å². The number of hydrogen-bond acceptors (Lipinski definition) is 0. The minimum atomic E-state index is -0.603. The molecule has 0 fully saturated rings. The summed E-state index contributed by atoms with van der Waals surface area (Å²) in [6.07, 6.45) is 0. The maximum atomic E-state index is 15.6. The van der Waals surface area contributed by atoms with E-state index in [2.05, 4.69) is 48.5 Å². The Morgan fingerprint density at radius 2 is 0.667 bits per heavy atom. The predicted molar refractivity (Wildman–Crippen MR) is 230 cm³/mol. The van der Waals surface area contributed by atoms with Gasteiger partial charge < -0.3 is 0 Å². The summed E-state index contributed by atoms with van der Waals surface area (Å²) < 4.78 is 64.8. The van der Waals surface area contributed by atoms with Crippen molar-refractivity contribution in [2.75, 3.05) is 0 Å². The van der Waals surface area contributed by atoms with Gasteiger partial charge in [-0.05, 0) is 0 Å². The van der Waals surface area contributed by atoms with Gasteiger partial charge in [0, 0.05) is 0 Å². The Labute approximate surface area is 330 Å². The molecule has 0 unspecified atom stereocenters. The minimum absolute atomic E-state index is 0.0252. The summed E-state index contributed by atoms with van der Waals surface area (Å²) in [6.45, 7) is 0. The van der Waals surface area contributed by atoms with Gasteiger partial charge >= 0.3 is 332 Å². The first-order valence-electron chi connectivity index (χ1n) is 18.7. The summed E-state index contributed by atoms with van der Waals surface area (Å²) in [5.41, 5.74) is 5.08. The molecule has 0 atom stereocenters. The van der Waals surface area contributed by atoms with E-state index in [1.54, 1.807) is 0 Å². The number of halogens is 4. The van der Waals surface area contributed by atoms with Crippen LogP contribution in [0, 0.1) is 23.3 Å². The van der Waals surface area contributed by atoms with E-state index >= 15 is 17.6 Å². The number of fused-ring (bicyclic) bond motifs is 7. The summed E-state index contributed by atoms with van der Waals surface area (Å²) in [5.74, 6) is -2.41. The average molecular weight is 808 g/mol. The molecule has 0 saturated heterocycles. The molecule has 10 aromatic carbocycles. The van der Waals surface area contributed by atoms with Crippen LogP contribution in [0.15, 0.2) is 170 Å². The van der Waals surface area contributed by atoms with Crippen molar-refractivity contribution in [3.63, 3.8) is 0 Å². The van der Waals surface area contributed by atoms with Crippen LogP contribution in [0.4, 0.5) is 17.6 Å². The zero-order valence-electron chi connectivity index (χ0n) is 30.1. The van der Waals surface area contributed by atoms with Gasteiger partial charge in [-0.2, -0.15) is 0 Å².